The van der Waals surface area contributed by atoms with Crippen LogP contribution in [-0.2, 0) is 0 Å². The molecule has 4 heteroatoms. The highest BCUT2D eigenvalue weighted by molar-refractivity contribution is 7.25. The van der Waals surface area contributed by atoms with Crippen molar-refractivity contribution in [3.63, 3.8) is 0 Å². The SMILES string of the molecule is C1=CC(c2ccccc2)=CCC(c2ccc(C3=NC(c4cccc(-c5cccc(-c6ccccc6)c5)c4)=NC(c4cccc5sc6ccccc6c45)N3)cc2)=C1. The fraction of sp³-hybridized carbons (Fsp3) is 0.0385. The van der Waals surface area contributed by atoms with E-state index in [4.69, 9.17) is 9.98 Å². The summed E-state index contributed by atoms with van der Waals surface area (Å²) in [7, 11) is 0. The van der Waals surface area contributed by atoms with Crippen molar-refractivity contribution in [2.75, 3.05) is 0 Å². The lowest BCUT2D eigenvalue weighted by atomic mass is 9.97. The van der Waals surface area contributed by atoms with Crippen molar-refractivity contribution in [3.8, 4) is 22.3 Å². The number of nitrogens with zero attached hydrogens (tertiary/aromatic N) is 2. The van der Waals surface area contributed by atoms with Crippen LogP contribution in [0.4, 0.5) is 0 Å². The van der Waals surface area contributed by atoms with Gasteiger partial charge in [0.1, 0.15) is 12.0 Å². The third-order valence-electron chi connectivity index (χ3n) is 10.6. The summed E-state index contributed by atoms with van der Waals surface area (Å²) in [6.07, 6.45) is 9.44. The van der Waals surface area contributed by atoms with Gasteiger partial charge < -0.3 is 5.32 Å². The van der Waals surface area contributed by atoms with Crippen LogP contribution in [0.3, 0.4) is 0 Å². The topological polar surface area (TPSA) is 36.8 Å². The third kappa shape index (κ3) is 6.61. The zero-order valence-electron chi connectivity index (χ0n) is 30.6. The van der Waals surface area contributed by atoms with Crippen LogP contribution in [0.25, 0.3) is 53.6 Å². The van der Waals surface area contributed by atoms with E-state index in [1.165, 1.54) is 53.6 Å². The number of benzene rings is 7. The molecule has 0 fully saturated rings. The van der Waals surface area contributed by atoms with E-state index in [0.29, 0.717) is 5.84 Å². The molecule has 0 amide bonds. The fourth-order valence-electron chi connectivity index (χ4n) is 7.79. The standard InChI is InChI=1S/C52H37N3S/c1-3-13-35(14-4-1)37-17-9-18-38(28-27-37)39-29-31-40(32-30-39)50-53-51(55-52(54-50)46-24-12-26-48-49(46)45-23-7-8-25-47(45)56-48)44-22-11-21-43(34-44)42-20-10-19-41(33-42)36-15-5-2-6-16-36/h1-27,29-34,52H,28H2,(H,53,54,55). The molecule has 2 aliphatic rings. The zero-order chi connectivity index (χ0) is 37.3. The first-order valence-electron chi connectivity index (χ1n) is 19.1. The molecule has 0 radical (unpaired) electrons. The number of nitrogens with one attached hydrogen (secondary N) is 1. The molecule has 1 aliphatic heterocycles. The summed E-state index contributed by atoms with van der Waals surface area (Å²) >= 11 is 1.83. The van der Waals surface area contributed by atoms with Crippen LogP contribution in [-0.4, -0.2) is 11.7 Å². The summed E-state index contributed by atoms with van der Waals surface area (Å²) in [5, 5.41) is 6.27. The molecule has 10 rings (SSSR count). The predicted octanol–water partition coefficient (Wildman–Crippen LogP) is 13.3. The van der Waals surface area contributed by atoms with Gasteiger partial charge in [0.25, 0.3) is 0 Å². The minimum atomic E-state index is -0.333. The number of rotatable bonds is 7. The van der Waals surface area contributed by atoms with Gasteiger partial charge in [-0.05, 0) is 75.2 Å². The van der Waals surface area contributed by atoms with Crippen LogP contribution in [0.2, 0.25) is 0 Å². The molecule has 1 N–H and O–H groups in total. The minimum absolute atomic E-state index is 0.333. The number of hydrogen-bond acceptors (Lipinski definition) is 4. The van der Waals surface area contributed by atoms with Crippen molar-refractivity contribution < 1.29 is 0 Å². The Kier molecular flexibility index (Phi) is 8.87. The third-order valence-corrected chi connectivity index (χ3v) is 11.8. The predicted molar refractivity (Wildman–Crippen MR) is 238 cm³/mol. The Hall–Kier alpha value is -6.88. The number of hydrogen-bond donors (Lipinski definition) is 1. The van der Waals surface area contributed by atoms with E-state index in [1.807, 2.05) is 11.3 Å². The lowest BCUT2D eigenvalue weighted by Crippen LogP contribution is -2.33. The van der Waals surface area contributed by atoms with E-state index in [9.17, 15) is 0 Å². The summed E-state index contributed by atoms with van der Waals surface area (Å²) in [5.41, 5.74) is 12.8. The molecular weight excluding hydrogens is 699 g/mol. The fourth-order valence-corrected chi connectivity index (χ4v) is 8.93. The molecule has 1 atom stereocenters. The summed E-state index contributed by atoms with van der Waals surface area (Å²) in [6.45, 7) is 0. The molecule has 56 heavy (non-hydrogen) atoms. The van der Waals surface area contributed by atoms with Gasteiger partial charge in [0.2, 0.25) is 0 Å². The van der Waals surface area contributed by atoms with Gasteiger partial charge in [-0.1, -0.05) is 176 Å². The molecule has 1 aliphatic carbocycles. The van der Waals surface area contributed by atoms with Crippen molar-refractivity contribution in [1.82, 2.24) is 5.32 Å². The van der Waals surface area contributed by atoms with E-state index < -0.39 is 0 Å². The van der Waals surface area contributed by atoms with Crippen LogP contribution in [0.5, 0.6) is 0 Å². The second kappa shape index (κ2) is 14.7. The number of aliphatic imine (C=N–C) groups is 2. The first kappa shape index (κ1) is 33.7. The highest BCUT2D eigenvalue weighted by Gasteiger charge is 2.24. The number of fused-ring (bicyclic) bond motifs is 3. The molecule has 0 saturated carbocycles. The van der Waals surface area contributed by atoms with Gasteiger partial charge in [0, 0.05) is 36.9 Å². The van der Waals surface area contributed by atoms with E-state index in [-0.39, 0.29) is 6.17 Å². The summed E-state index contributed by atoms with van der Waals surface area (Å²) in [6, 6.07) is 62.5. The van der Waals surface area contributed by atoms with Crippen LogP contribution in [0, 0.1) is 0 Å². The Morgan fingerprint density at radius 3 is 1.91 bits per heavy atom. The van der Waals surface area contributed by atoms with Crippen LogP contribution in [0.15, 0.2) is 210 Å². The molecule has 0 bridgehead atoms. The summed E-state index contributed by atoms with van der Waals surface area (Å²) in [4.78, 5) is 10.6. The van der Waals surface area contributed by atoms with Gasteiger partial charge in [-0.25, -0.2) is 9.98 Å². The maximum atomic E-state index is 5.37. The Morgan fingerprint density at radius 1 is 0.518 bits per heavy atom. The number of allylic oxidation sites excluding steroid dienone is 6. The van der Waals surface area contributed by atoms with Gasteiger partial charge in [0.15, 0.2) is 5.84 Å². The second-order valence-electron chi connectivity index (χ2n) is 14.2. The van der Waals surface area contributed by atoms with E-state index in [1.54, 1.807) is 0 Å². The average Bonchev–Trinajstić information content (AvgIpc) is 3.48. The minimum Gasteiger partial charge on any atom is -0.344 e. The summed E-state index contributed by atoms with van der Waals surface area (Å²) in [5.74, 6) is 1.51. The molecule has 7 aromatic carbocycles. The molecule has 266 valence electrons. The quantitative estimate of drug-likeness (QED) is 0.174. The van der Waals surface area contributed by atoms with E-state index >= 15 is 0 Å². The zero-order valence-corrected chi connectivity index (χ0v) is 31.5. The van der Waals surface area contributed by atoms with Crippen molar-refractivity contribution in [1.29, 1.82) is 0 Å². The maximum absolute atomic E-state index is 5.37. The van der Waals surface area contributed by atoms with E-state index in [2.05, 4.69) is 206 Å². The Labute approximate surface area is 331 Å². The number of thiophene rings is 1. The first-order chi connectivity index (χ1) is 27.7. The smallest absolute Gasteiger partial charge is 0.159 e. The number of amidine groups is 2. The molecule has 1 unspecified atom stereocenters. The molecule has 2 heterocycles. The normalized spacial score (nSPS) is 15.4. The van der Waals surface area contributed by atoms with Gasteiger partial charge >= 0.3 is 0 Å². The highest BCUT2D eigenvalue weighted by Crippen LogP contribution is 2.39. The van der Waals surface area contributed by atoms with Gasteiger partial charge in [-0.2, -0.15) is 0 Å². The molecule has 3 nitrogen and oxygen atoms in total. The summed E-state index contributed by atoms with van der Waals surface area (Å²) < 4.78 is 2.53. The van der Waals surface area contributed by atoms with Crippen molar-refractivity contribution >= 4 is 54.3 Å². The molecular formula is C52H37N3S. The van der Waals surface area contributed by atoms with Gasteiger partial charge in [0.05, 0.1) is 0 Å². The van der Waals surface area contributed by atoms with Crippen molar-refractivity contribution in [2.24, 2.45) is 9.98 Å². The van der Waals surface area contributed by atoms with Crippen LogP contribution < -0.4 is 5.32 Å². The van der Waals surface area contributed by atoms with Gasteiger partial charge in [-0.15, -0.1) is 11.3 Å². The van der Waals surface area contributed by atoms with Crippen molar-refractivity contribution in [2.45, 2.75) is 12.6 Å². The van der Waals surface area contributed by atoms with Crippen molar-refractivity contribution in [3.05, 3.63) is 228 Å². The highest BCUT2D eigenvalue weighted by atomic mass is 32.1. The van der Waals surface area contributed by atoms with Crippen LogP contribution in [0.1, 0.15) is 40.4 Å². The van der Waals surface area contributed by atoms with Gasteiger partial charge in [-0.3, -0.25) is 0 Å². The Balaban J connectivity index is 1.03. The Morgan fingerprint density at radius 2 is 1.12 bits per heavy atom. The first-order valence-corrected chi connectivity index (χ1v) is 19.9. The largest absolute Gasteiger partial charge is 0.344 e. The van der Waals surface area contributed by atoms with Crippen LogP contribution >= 0.6 is 11.3 Å². The maximum Gasteiger partial charge on any atom is 0.159 e. The lowest BCUT2D eigenvalue weighted by molar-refractivity contribution is 0.680. The van der Waals surface area contributed by atoms with E-state index in [0.717, 1.165) is 40.1 Å². The monoisotopic (exact) mass is 735 g/mol. The molecule has 1 aromatic heterocycles. The Bertz CT molecular complexity index is 2890. The molecule has 8 aromatic rings. The second-order valence-corrected chi connectivity index (χ2v) is 15.2. The molecule has 0 spiro atoms. The average molecular weight is 736 g/mol. The lowest BCUT2D eigenvalue weighted by Gasteiger charge is -2.24. The molecule has 0 saturated heterocycles.